The first-order valence-corrected chi connectivity index (χ1v) is 9.85. The summed E-state index contributed by atoms with van der Waals surface area (Å²) >= 11 is 7.61. The van der Waals surface area contributed by atoms with E-state index in [1.165, 1.54) is 0 Å². The third-order valence-corrected chi connectivity index (χ3v) is 5.14. The van der Waals surface area contributed by atoms with Crippen LogP contribution >= 0.6 is 23.4 Å². The minimum atomic E-state index is 0.749. The van der Waals surface area contributed by atoms with Gasteiger partial charge < -0.3 is 0 Å². The molecule has 0 aliphatic rings. The quantitative estimate of drug-likeness (QED) is 0.344. The summed E-state index contributed by atoms with van der Waals surface area (Å²) in [6.45, 7) is 0. The van der Waals surface area contributed by atoms with Crippen molar-refractivity contribution in [3.05, 3.63) is 107 Å². The molecule has 3 aromatic carbocycles. The lowest BCUT2D eigenvalue weighted by Crippen LogP contribution is -1.93. The molecule has 0 spiro atoms. The number of nitrogens with zero attached hydrogens (tertiary/aromatic N) is 2. The standard InChI is InChI=1S/C23H17ClN2S/c24-20-11-13-22(14-12-20)27-16-15-19-17-26(21-9-5-2-6-10-21)25-23(19)18-7-3-1-4-8-18/h1-17H/b16-15+. The van der Waals surface area contributed by atoms with E-state index >= 15 is 0 Å². The topological polar surface area (TPSA) is 17.8 Å². The minimum Gasteiger partial charge on any atom is -0.240 e. The molecule has 27 heavy (non-hydrogen) atoms. The molecule has 0 N–H and O–H groups in total. The zero-order chi connectivity index (χ0) is 18.5. The predicted molar refractivity (Wildman–Crippen MR) is 115 cm³/mol. The molecular weight excluding hydrogens is 372 g/mol. The van der Waals surface area contributed by atoms with Crippen LogP contribution in [-0.2, 0) is 0 Å². The van der Waals surface area contributed by atoms with Crippen LogP contribution in [0.15, 0.2) is 101 Å². The number of thioether (sulfide) groups is 1. The molecule has 0 bridgehead atoms. The molecule has 0 saturated heterocycles. The highest BCUT2D eigenvalue weighted by atomic mass is 35.5. The normalized spacial score (nSPS) is 11.1. The molecule has 0 unspecified atom stereocenters. The third kappa shape index (κ3) is 4.33. The number of hydrogen-bond acceptors (Lipinski definition) is 2. The van der Waals surface area contributed by atoms with Crippen LogP contribution in [0.3, 0.4) is 0 Å². The Bertz CT molecular complexity index is 1040. The molecule has 0 aliphatic carbocycles. The molecule has 0 saturated carbocycles. The van der Waals surface area contributed by atoms with Gasteiger partial charge in [0.2, 0.25) is 0 Å². The number of rotatable bonds is 5. The van der Waals surface area contributed by atoms with Crippen LogP contribution in [-0.4, -0.2) is 9.78 Å². The van der Waals surface area contributed by atoms with Crippen LogP contribution < -0.4 is 0 Å². The maximum absolute atomic E-state index is 5.95. The van der Waals surface area contributed by atoms with Gasteiger partial charge in [-0.05, 0) is 47.9 Å². The molecule has 1 heterocycles. The zero-order valence-corrected chi connectivity index (χ0v) is 16.1. The van der Waals surface area contributed by atoms with Gasteiger partial charge in [-0.15, -0.1) is 0 Å². The first-order valence-electron chi connectivity index (χ1n) is 8.59. The highest BCUT2D eigenvalue weighted by Gasteiger charge is 2.10. The maximum atomic E-state index is 5.95. The van der Waals surface area contributed by atoms with E-state index < -0.39 is 0 Å². The monoisotopic (exact) mass is 388 g/mol. The zero-order valence-electron chi connectivity index (χ0n) is 14.5. The van der Waals surface area contributed by atoms with Gasteiger partial charge in [-0.3, -0.25) is 0 Å². The number of benzene rings is 3. The SMILES string of the molecule is Clc1ccc(S/C=C/c2cn(-c3ccccc3)nc2-c2ccccc2)cc1. The Labute approximate surface area is 168 Å². The van der Waals surface area contributed by atoms with Crippen LogP contribution in [0.4, 0.5) is 0 Å². The summed E-state index contributed by atoms with van der Waals surface area (Å²) in [5.41, 5.74) is 4.18. The molecule has 0 aliphatic heterocycles. The van der Waals surface area contributed by atoms with Crippen LogP contribution in [0, 0.1) is 0 Å². The first-order chi connectivity index (χ1) is 13.3. The Balaban J connectivity index is 1.66. The molecule has 4 aromatic rings. The van der Waals surface area contributed by atoms with E-state index in [9.17, 15) is 0 Å². The number of aromatic nitrogens is 2. The summed E-state index contributed by atoms with van der Waals surface area (Å²) in [4.78, 5) is 1.15. The molecule has 1 aromatic heterocycles. The lowest BCUT2D eigenvalue weighted by molar-refractivity contribution is 0.884. The summed E-state index contributed by atoms with van der Waals surface area (Å²) < 4.78 is 1.93. The largest absolute Gasteiger partial charge is 0.240 e. The molecule has 4 rings (SSSR count). The molecule has 0 radical (unpaired) electrons. The Kier molecular flexibility index (Phi) is 5.42. The minimum absolute atomic E-state index is 0.749. The van der Waals surface area contributed by atoms with E-state index in [2.05, 4.69) is 41.9 Å². The van der Waals surface area contributed by atoms with Crippen molar-refractivity contribution >= 4 is 29.4 Å². The van der Waals surface area contributed by atoms with Crippen molar-refractivity contribution in [3.63, 3.8) is 0 Å². The molecule has 0 atom stereocenters. The lowest BCUT2D eigenvalue weighted by Gasteiger charge is -2.00. The average molecular weight is 389 g/mol. The average Bonchev–Trinajstić information content (AvgIpc) is 3.15. The Morgan fingerprint density at radius 2 is 1.48 bits per heavy atom. The molecule has 132 valence electrons. The second-order valence-electron chi connectivity index (χ2n) is 5.95. The van der Waals surface area contributed by atoms with Gasteiger partial charge in [0.15, 0.2) is 0 Å². The van der Waals surface area contributed by atoms with E-state index in [1.807, 2.05) is 65.3 Å². The van der Waals surface area contributed by atoms with Crippen LogP contribution in [0.1, 0.15) is 5.56 Å². The van der Waals surface area contributed by atoms with Gasteiger partial charge in [-0.25, -0.2) is 4.68 Å². The molecule has 0 amide bonds. The van der Waals surface area contributed by atoms with Crippen molar-refractivity contribution in [2.75, 3.05) is 0 Å². The van der Waals surface area contributed by atoms with Crippen molar-refractivity contribution in [1.82, 2.24) is 9.78 Å². The third-order valence-electron chi connectivity index (χ3n) is 4.08. The summed E-state index contributed by atoms with van der Waals surface area (Å²) in [6, 6.07) is 28.2. The Hall–Kier alpha value is -2.75. The van der Waals surface area contributed by atoms with Gasteiger partial charge in [0.05, 0.1) is 11.4 Å². The fraction of sp³-hybridized carbons (Fsp3) is 0. The van der Waals surface area contributed by atoms with Gasteiger partial charge in [0.1, 0.15) is 0 Å². The van der Waals surface area contributed by atoms with Crippen molar-refractivity contribution in [2.45, 2.75) is 4.90 Å². The van der Waals surface area contributed by atoms with Crippen LogP contribution in [0.5, 0.6) is 0 Å². The maximum Gasteiger partial charge on any atom is 0.1000 e. The van der Waals surface area contributed by atoms with E-state index in [-0.39, 0.29) is 0 Å². The second kappa shape index (κ2) is 8.30. The smallest absolute Gasteiger partial charge is 0.1000 e. The van der Waals surface area contributed by atoms with Gasteiger partial charge in [0, 0.05) is 27.2 Å². The van der Waals surface area contributed by atoms with Crippen molar-refractivity contribution in [2.24, 2.45) is 0 Å². The number of halogens is 1. The molecular formula is C23H17ClN2S. The fourth-order valence-corrected chi connectivity index (χ4v) is 3.53. The summed E-state index contributed by atoms with van der Waals surface area (Å²) in [5.74, 6) is 0. The molecule has 2 nitrogen and oxygen atoms in total. The van der Waals surface area contributed by atoms with Crippen molar-refractivity contribution in [1.29, 1.82) is 0 Å². The number of hydrogen-bond donors (Lipinski definition) is 0. The predicted octanol–water partition coefficient (Wildman–Crippen LogP) is 6.96. The summed E-state index contributed by atoms with van der Waals surface area (Å²) in [6.07, 6.45) is 4.17. The van der Waals surface area contributed by atoms with Gasteiger partial charge in [-0.1, -0.05) is 71.9 Å². The number of para-hydroxylation sites is 1. The molecule has 4 heteroatoms. The lowest BCUT2D eigenvalue weighted by atomic mass is 10.1. The molecule has 0 fully saturated rings. The van der Waals surface area contributed by atoms with E-state index in [0.29, 0.717) is 0 Å². The van der Waals surface area contributed by atoms with Gasteiger partial charge >= 0.3 is 0 Å². The first kappa shape index (κ1) is 17.7. The van der Waals surface area contributed by atoms with Crippen LogP contribution in [0.2, 0.25) is 5.02 Å². The highest BCUT2D eigenvalue weighted by molar-refractivity contribution is 8.02. The second-order valence-corrected chi connectivity index (χ2v) is 7.37. The van der Waals surface area contributed by atoms with Crippen LogP contribution in [0.25, 0.3) is 23.0 Å². The fourth-order valence-electron chi connectivity index (χ4n) is 2.74. The van der Waals surface area contributed by atoms with Crippen molar-refractivity contribution in [3.8, 4) is 16.9 Å². The van der Waals surface area contributed by atoms with Gasteiger partial charge in [-0.2, -0.15) is 5.10 Å². The summed E-state index contributed by atoms with van der Waals surface area (Å²) in [5, 5.41) is 7.66. The van der Waals surface area contributed by atoms with E-state index in [4.69, 9.17) is 16.7 Å². The Morgan fingerprint density at radius 1 is 0.815 bits per heavy atom. The van der Waals surface area contributed by atoms with E-state index in [0.717, 1.165) is 32.4 Å². The highest BCUT2D eigenvalue weighted by Crippen LogP contribution is 2.27. The van der Waals surface area contributed by atoms with Gasteiger partial charge in [0.25, 0.3) is 0 Å². The van der Waals surface area contributed by atoms with E-state index in [1.54, 1.807) is 11.8 Å². The summed E-state index contributed by atoms with van der Waals surface area (Å²) in [7, 11) is 0. The van der Waals surface area contributed by atoms with Crippen molar-refractivity contribution < 1.29 is 0 Å². The Morgan fingerprint density at radius 3 is 2.19 bits per heavy atom.